The number of carbonyl (C=O) groups is 1. The van der Waals surface area contributed by atoms with E-state index >= 15 is 0 Å². The monoisotopic (exact) mass is 437 g/mol. The van der Waals surface area contributed by atoms with Crippen molar-refractivity contribution in [2.45, 2.75) is 62.7 Å². The number of nitrogens with one attached hydrogen (secondary N) is 1. The lowest BCUT2D eigenvalue weighted by Gasteiger charge is -2.16. The van der Waals surface area contributed by atoms with E-state index < -0.39 is 22.1 Å². The minimum atomic E-state index is -3.63. The van der Waals surface area contributed by atoms with E-state index in [2.05, 4.69) is 14.8 Å². The van der Waals surface area contributed by atoms with E-state index in [1.807, 2.05) is 6.92 Å². The first kappa shape index (κ1) is 19.4. The number of nitrogens with two attached hydrogens (primary N) is 1. The van der Waals surface area contributed by atoms with Gasteiger partial charge in [-0.3, -0.25) is 0 Å². The Labute approximate surface area is 172 Å². The van der Waals surface area contributed by atoms with Gasteiger partial charge in [-0.05, 0) is 48.4 Å². The van der Waals surface area contributed by atoms with Gasteiger partial charge in [0.05, 0.1) is 12.7 Å². The van der Waals surface area contributed by atoms with Crippen molar-refractivity contribution in [3.8, 4) is 5.88 Å². The van der Waals surface area contributed by atoms with Crippen LogP contribution in [0.3, 0.4) is 0 Å². The summed E-state index contributed by atoms with van der Waals surface area (Å²) >= 11 is 0. The molecule has 0 bridgehead atoms. The zero-order valence-electron chi connectivity index (χ0n) is 16.3. The molecule has 1 aromatic carbocycles. The van der Waals surface area contributed by atoms with E-state index in [1.165, 1.54) is 10.9 Å². The number of urea groups is 1. The van der Waals surface area contributed by atoms with Gasteiger partial charge in [0.25, 0.3) is 0 Å². The molecule has 2 amide bonds. The van der Waals surface area contributed by atoms with Crippen molar-refractivity contribution in [2.75, 3.05) is 5.32 Å². The first-order valence-corrected chi connectivity index (χ1v) is 11.4. The predicted octanol–water partition coefficient (Wildman–Crippen LogP) is 2.66. The van der Waals surface area contributed by atoms with Crippen LogP contribution >= 0.6 is 0 Å². The fraction of sp³-hybridized carbons (Fsp3) is 0.474. The summed E-state index contributed by atoms with van der Waals surface area (Å²) in [5, 5.41) is 12.6. The van der Waals surface area contributed by atoms with Crippen molar-refractivity contribution in [3.63, 3.8) is 0 Å². The molecule has 0 fully saturated rings. The first-order valence-electron chi connectivity index (χ1n) is 9.82. The van der Waals surface area contributed by atoms with Crippen LogP contribution in [0.4, 0.5) is 19.3 Å². The Morgan fingerprint density at radius 3 is 2.87 bits per heavy atom. The molecule has 0 spiro atoms. The number of anilines is 1. The average molecular weight is 437 g/mol. The average Bonchev–Trinajstić information content (AvgIpc) is 3.40. The highest BCUT2D eigenvalue weighted by Crippen LogP contribution is 2.41. The molecule has 1 aromatic heterocycles. The molecular formula is C19H21F2N5O3S. The van der Waals surface area contributed by atoms with Gasteiger partial charge >= 0.3 is 6.03 Å². The lowest BCUT2D eigenvalue weighted by atomic mass is 9.98. The Bertz CT molecular complexity index is 1200. The Balaban J connectivity index is 1.51. The van der Waals surface area contributed by atoms with Gasteiger partial charge in [0.1, 0.15) is 23.0 Å². The second-order valence-corrected chi connectivity index (χ2v) is 9.74. The second kappa shape index (κ2) is 6.74. The quantitative estimate of drug-likeness (QED) is 0.752. The van der Waals surface area contributed by atoms with Gasteiger partial charge in [-0.2, -0.15) is 5.10 Å². The number of hydrogen-bond acceptors (Lipinski definition) is 4. The van der Waals surface area contributed by atoms with Gasteiger partial charge in [0.2, 0.25) is 5.88 Å². The van der Waals surface area contributed by atoms with Crippen molar-refractivity contribution in [2.24, 2.45) is 9.50 Å². The van der Waals surface area contributed by atoms with Crippen LogP contribution in [0.15, 0.2) is 15.5 Å². The van der Waals surface area contributed by atoms with Crippen molar-refractivity contribution < 1.29 is 22.5 Å². The molecule has 5 rings (SSSR count). The molecule has 2 heterocycles. The molecule has 3 aliphatic rings. The van der Waals surface area contributed by atoms with E-state index in [4.69, 9.17) is 9.88 Å². The summed E-state index contributed by atoms with van der Waals surface area (Å²) in [5.41, 5.74) is 2.33. The summed E-state index contributed by atoms with van der Waals surface area (Å²) in [7, 11) is -3.63. The van der Waals surface area contributed by atoms with Crippen LogP contribution in [0.25, 0.3) is 0 Å². The SMILES string of the molecule is C[C@H]1Cn2ncc(S(N)(=O)=NC(=O)Nc3c4c(c(F)c5c3C[C@@H](F)C5)CCC4)c2O1. The summed E-state index contributed by atoms with van der Waals surface area (Å²) < 4.78 is 52.6. The number of alkyl halides is 1. The van der Waals surface area contributed by atoms with Crippen LogP contribution in [-0.2, 0) is 42.1 Å². The highest BCUT2D eigenvalue weighted by atomic mass is 32.2. The molecule has 3 atom stereocenters. The van der Waals surface area contributed by atoms with Gasteiger partial charge in [-0.1, -0.05) is 0 Å². The third kappa shape index (κ3) is 2.99. The number of halogens is 2. The number of rotatable bonds is 2. The molecule has 0 radical (unpaired) electrons. The van der Waals surface area contributed by atoms with Crippen molar-refractivity contribution in [1.29, 1.82) is 0 Å². The number of nitrogens with zero attached hydrogens (tertiary/aromatic N) is 3. The molecule has 0 saturated heterocycles. The van der Waals surface area contributed by atoms with E-state index in [-0.39, 0.29) is 35.5 Å². The molecule has 0 saturated carbocycles. The van der Waals surface area contributed by atoms with Gasteiger partial charge in [-0.25, -0.2) is 27.6 Å². The Morgan fingerprint density at radius 1 is 1.33 bits per heavy atom. The number of fused-ring (bicyclic) bond motifs is 3. The first-order chi connectivity index (χ1) is 14.2. The predicted molar refractivity (Wildman–Crippen MR) is 105 cm³/mol. The fourth-order valence-electron chi connectivity index (χ4n) is 4.59. The van der Waals surface area contributed by atoms with Crippen LogP contribution in [0, 0.1) is 5.82 Å². The van der Waals surface area contributed by atoms with Gasteiger partial charge < -0.3 is 10.1 Å². The maximum atomic E-state index is 14.8. The third-order valence-electron chi connectivity index (χ3n) is 5.83. The van der Waals surface area contributed by atoms with Crippen molar-refractivity contribution >= 4 is 21.6 Å². The fourth-order valence-corrected chi connectivity index (χ4v) is 5.59. The van der Waals surface area contributed by atoms with Crippen LogP contribution in [0.5, 0.6) is 5.88 Å². The molecular weight excluding hydrogens is 416 g/mol. The summed E-state index contributed by atoms with van der Waals surface area (Å²) in [5.74, 6) is -0.132. The highest BCUT2D eigenvalue weighted by molar-refractivity contribution is 7.91. The normalized spacial score (nSPS) is 23.3. The standard InChI is InChI=1S/C19H21F2N5O3S/c1-9-8-26-18(29-9)15(7-23-26)30(22,28)25-19(27)24-17-12-4-2-3-11(12)16(21)13-5-10(20)6-14(13)17/h7,9-10H,2-6,8H2,1H3,(H3,22,24,25,27,28)/t9-,10-,30?/m0/s1. The Morgan fingerprint density at radius 2 is 2.07 bits per heavy atom. The number of carbonyl (C=O) groups excluding carboxylic acids is 1. The summed E-state index contributed by atoms with van der Waals surface area (Å²) in [4.78, 5) is 12.7. The molecule has 3 N–H and O–H groups in total. The maximum absolute atomic E-state index is 14.8. The topological polar surface area (TPSA) is 112 Å². The van der Waals surface area contributed by atoms with Crippen molar-refractivity contribution in [1.82, 2.24) is 9.78 Å². The van der Waals surface area contributed by atoms with E-state index in [0.29, 0.717) is 47.3 Å². The van der Waals surface area contributed by atoms with E-state index in [9.17, 15) is 17.8 Å². The molecule has 1 unspecified atom stereocenters. The third-order valence-corrected chi connectivity index (χ3v) is 7.18. The summed E-state index contributed by atoms with van der Waals surface area (Å²) in [6.07, 6.45) is 1.80. The van der Waals surface area contributed by atoms with E-state index in [0.717, 1.165) is 6.42 Å². The van der Waals surface area contributed by atoms with Crippen LogP contribution in [-0.4, -0.2) is 32.3 Å². The number of amides is 2. The van der Waals surface area contributed by atoms with Gasteiger partial charge in [0, 0.05) is 18.5 Å². The molecule has 30 heavy (non-hydrogen) atoms. The minimum absolute atomic E-state index is 0.0137. The molecule has 1 aliphatic heterocycles. The number of hydrogen-bond donors (Lipinski definition) is 2. The smallest absolute Gasteiger partial charge is 0.354 e. The van der Waals surface area contributed by atoms with Gasteiger partial charge in [-0.15, -0.1) is 4.36 Å². The zero-order valence-corrected chi connectivity index (χ0v) is 17.1. The number of aromatic nitrogens is 2. The number of ether oxygens (including phenoxy) is 1. The van der Waals surface area contributed by atoms with Crippen molar-refractivity contribution in [3.05, 3.63) is 34.3 Å². The molecule has 11 heteroatoms. The van der Waals surface area contributed by atoms with Crippen LogP contribution in [0.2, 0.25) is 0 Å². The number of benzene rings is 1. The summed E-state index contributed by atoms with van der Waals surface area (Å²) in [6.45, 7) is 2.31. The lowest BCUT2D eigenvalue weighted by Crippen LogP contribution is -2.19. The molecule has 160 valence electrons. The van der Waals surface area contributed by atoms with Crippen LogP contribution < -0.4 is 15.2 Å². The summed E-state index contributed by atoms with van der Waals surface area (Å²) in [6, 6.07) is -0.932. The second-order valence-electron chi connectivity index (χ2n) is 7.98. The molecule has 2 aromatic rings. The maximum Gasteiger partial charge on any atom is 0.354 e. The lowest BCUT2D eigenvalue weighted by molar-refractivity contribution is 0.248. The highest BCUT2D eigenvalue weighted by Gasteiger charge is 2.34. The van der Waals surface area contributed by atoms with E-state index in [1.54, 1.807) is 0 Å². The van der Waals surface area contributed by atoms with Crippen LogP contribution in [0.1, 0.15) is 35.6 Å². The van der Waals surface area contributed by atoms with Gasteiger partial charge in [0.15, 0.2) is 9.92 Å². The Kier molecular flexibility index (Phi) is 4.37. The molecule has 2 aliphatic carbocycles. The molecule has 8 nitrogen and oxygen atoms in total. The zero-order chi connectivity index (χ0) is 21.2. The largest absolute Gasteiger partial charge is 0.472 e. The minimum Gasteiger partial charge on any atom is -0.472 e. The Hall–Kier alpha value is -2.53.